The van der Waals surface area contributed by atoms with Crippen molar-refractivity contribution in [2.75, 3.05) is 6.61 Å². The van der Waals surface area contributed by atoms with Gasteiger partial charge in [0.05, 0.1) is 23.7 Å². The molecule has 0 unspecified atom stereocenters. The highest BCUT2D eigenvalue weighted by Gasteiger charge is 2.17. The first-order valence-corrected chi connectivity index (χ1v) is 10.4. The Morgan fingerprint density at radius 2 is 1.80 bits per heavy atom. The number of H-pyrrole nitrogens is 1. The van der Waals surface area contributed by atoms with Crippen LogP contribution in [0.5, 0.6) is 5.75 Å². The first kappa shape index (κ1) is 20.2. The molecule has 4 rings (SSSR count). The van der Waals surface area contributed by atoms with Crippen molar-refractivity contribution in [2.45, 2.75) is 27.2 Å². The van der Waals surface area contributed by atoms with Crippen LogP contribution < -0.4 is 4.74 Å². The fraction of sp³-hybridized carbons (Fsp3) is 0.200. The number of ether oxygens (including phenoxy) is 1. The van der Waals surface area contributed by atoms with Crippen LogP contribution in [0.1, 0.15) is 29.6 Å². The maximum atomic E-state index is 6.16. The monoisotopic (exact) mass is 417 g/mol. The number of halogens is 1. The predicted octanol–water partition coefficient (Wildman–Crippen LogP) is 6.40. The van der Waals surface area contributed by atoms with Crippen LogP contribution in [0.4, 0.5) is 0 Å². The van der Waals surface area contributed by atoms with Crippen molar-refractivity contribution in [1.29, 1.82) is 0 Å². The normalized spacial score (nSPS) is 10.9. The molecule has 5 heteroatoms. The molecule has 0 saturated heterocycles. The number of aryl methyl sites for hydroxylation is 2. The van der Waals surface area contributed by atoms with Crippen LogP contribution >= 0.6 is 11.6 Å². The summed E-state index contributed by atoms with van der Waals surface area (Å²) in [4.78, 5) is 13.2. The summed E-state index contributed by atoms with van der Waals surface area (Å²) in [6, 6.07) is 20.1. The molecule has 2 aromatic carbocycles. The van der Waals surface area contributed by atoms with E-state index in [-0.39, 0.29) is 0 Å². The molecule has 0 saturated carbocycles. The molecule has 4 aromatic rings. The highest BCUT2D eigenvalue weighted by atomic mass is 35.5. The number of aromatic amines is 1. The molecule has 1 N–H and O–H groups in total. The number of rotatable bonds is 6. The molecule has 0 aliphatic rings. The quantitative estimate of drug-likeness (QED) is 0.395. The van der Waals surface area contributed by atoms with Gasteiger partial charge in [0.15, 0.2) is 0 Å². The Balaban J connectivity index is 1.81. The van der Waals surface area contributed by atoms with Gasteiger partial charge in [0.2, 0.25) is 0 Å². The van der Waals surface area contributed by atoms with E-state index in [0.29, 0.717) is 13.0 Å². The van der Waals surface area contributed by atoms with Crippen molar-refractivity contribution in [3.05, 3.63) is 88.3 Å². The molecule has 2 aromatic heterocycles. The van der Waals surface area contributed by atoms with Crippen molar-refractivity contribution in [1.82, 2.24) is 15.0 Å². The summed E-state index contributed by atoms with van der Waals surface area (Å²) in [5.41, 5.74) is 6.80. The second-order valence-corrected chi connectivity index (χ2v) is 7.73. The Morgan fingerprint density at radius 3 is 2.57 bits per heavy atom. The summed E-state index contributed by atoms with van der Waals surface area (Å²) >= 11 is 6.16. The van der Waals surface area contributed by atoms with E-state index in [1.165, 1.54) is 0 Å². The molecule has 0 atom stereocenters. The largest absolute Gasteiger partial charge is 0.494 e. The van der Waals surface area contributed by atoms with Crippen LogP contribution in [0.15, 0.2) is 60.7 Å². The minimum Gasteiger partial charge on any atom is -0.494 e. The lowest BCUT2D eigenvalue weighted by Crippen LogP contribution is -1.95. The van der Waals surface area contributed by atoms with Gasteiger partial charge in [0.25, 0.3) is 0 Å². The highest BCUT2D eigenvalue weighted by Crippen LogP contribution is 2.33. The fourth-order valence-corrected chi connectivity index (χ4v) is 3.69. The van der Waals surface area contributed by atoms with Gasteiger partial charge in [-0.2, -0.15) is 0 Å². The standard InChI is InChI=1S/C25H24ClN3O/c1-4-30-22-15-19(12-11-16(22)2)24-25(21-10-5-7-17(3)27-21)29-23(28-24)14-18-8-6-9-20(26)13-18/h5-13,15H,4,14H2,1-3H3,(H,28,29). The van der Waals surface area contributed by atoms with Gasteiger partial charge in [-0.15, -0.1) is 0 Å². The molecular weight excluding hydrogens is 394 g/mol. The van der Waals surface area contributed by atoms with Crippen molar-refractivity contribution < 1.29 is 4.74 Å². The smallest absolute Gasteiger partial charge is 0.122 e. The minimum absolute atomic E-state index is 0.622. The van der Waals surface area contributed by atoms with E-state index in [9.17, 15) is 0 Å². The van der Waals surface area contributed by atoms with Crippen LogP contribution in [0.25, 0.3) is 22.6 Å². The van der Waals surface area contributed by atoms with E-state index in [2.05, 4.69) is 29.2 Å². The van der Waals surface area contributed by atoms with E-state index in [0.717, 1.165) is 56.1 Å². The molecule has 0 spiro atoms. The van der Waals surface area contributed by atoms with Gasteiger partial charge in [-0.05, 0) is 62.2 Å². The number of hydrogen-bond acceptors (Lipinski definition) is 3. The molecule has 0 radical (unpaired) electrons. The Bertz CT molecular complexity index is 1180. The highest BCUT2D eigenvalue weighted by molar-refractivity contribution is 6.30. The van der Waals surface area contributed by atoms with Crippen LogP contribution in [-0.2, 0) is 6.42 Å². The summed E-state index contributed by atoms with van der Waals surface area (Å²) in [6.07, 6.45) is 0.656. The summed E-state index contributed by atoms with van der Waals surface area (Å²) in [5, 5.41) is 0.722. The van der Waals surface area contributed by atoms with Gasteiger partial charge in [0, 0.05) is 22.7 Å². The third-order valence-electron chi connectivity index (χ3n) is 4.92. The molecule has 2 heterocycles. The lowest BCUT2D eigenvalue weighted by atomic mass is 10.1. The number of aromatic nitrogens is 3. The lowest BCUT2D eigenvalue weighted by molar-refractivity contribution is 0.338. The summed E-state index contributed by atoms with van der Waals surface area (Å²) in [7, 11) is 0. The van der Waals surface area contributed by atoms with Gasteiger partial charge in [-0.1, -0.05) is 41.9 Å². The third-order valence-corrected chi connectivity index (χ3v) is 5.15. The SMILES string of the molecule is CCOc1cc(-c2nc(Cc3cccc(Cl)c3)[nH]c2-c2cccc(C)n2)ccc1C. The Labute approximate surface area is 181 Å². The molecule has 0 bridgehead atoms. The second kappa shape index (κ2) is 8.72. The molecule has 30 heavy (non-hydrogen) atoms. The average Bonchev–Trinajstić information content (AvgIpc) is 3.13. The van der Waals surface area contributed by atoms with Gasteiger partial charge >= 0.3 is 0 Å². The van der Waals surface area contributed by atoms with Crippen LogP contribution in [0.2, 0.25) is 5.02 Å². The van der Waals surface area contributed by atoms with E-state index in [1.807, 2.05) is 57.2 Å². The van der Waals surface area contributed by atoms with Crippen molar-refractivity contribution in [3.63, 3.8) is 0 Å². The van der Waals surface area contributed by atoms with Crippen LogP contribution in [0, 0.1) is 13.8 Å². The maximum absolute atomic E-state index is 6.16. The summed E-state index contributed by atoms with van der Waals surface area (Å²) in [5.74, 6) is 1.74. The van der Waals surface area contributed by atoms with Crippen LogP contribution in [-0.4, -0.2) is 21.6 Å². The average molecular weight is 418 g/mol. The number of imidazole rings is 1. The zero-order valence-electron chi connectivity index (χ0n) is 17.4. The molecule has 0 aliphatic heterocycles. The second-order valence-electron chi connectivity index (χ2n) is 7.29. The maximum Gasteiger partial charge on any atom is 0.122 e. The molecule has 0 fully saturated rings. The fourth-order valence-electron chi connectivity index (χ4n) is 3.48. The Hall–Kier alpha value is -3.11. The number of benzene rings is 2. The lowest BCUT2D eigenvalue weighted by Gasteiger charge is -2.09. The molecule has 0 aliphatic carbocycles. The molecule has 152 valence electrons. The topological polar surface area (TPSA) is 50.8 Å². The van der Waals surface area contributed by atoms with Gasteiger partial charge in [0.1, 0.15) is 11.6 Å². The van der Waals surface area contributed by atoms with Crippen molar-refractivity contribution in [2.24, 2.45) is 0 Å². The first-order valence-electron chi connectivity index (χ1n) is 10.0. The summed E-state index contributed by atoms with van der Waals surface area (Å²) in [6.45, 7) is 6.65. The van der Waals surface area contributed by atoms with Gasteiger partial charge in [-0.25, -0.2) is 4.98 Å². The number of pyridine rings is 1. The van der Waals surface area contributed by atoms with E-state index >= 15 is 0 Å². The van der Waals surface area contributed by atoms with Crippen molar-refractivity contribution >= 4 is 11.6 Å². The zero-order chi connectivity index (χ0) is 21.1. The first-order chi connectivity index (χ1) is 14.5. The van der Waals surface area contributed by atoms with Crippen LogP contribution in [0.3, 0.4) is 0 Å². The number of nitrogens with zero attached hydrogens (tertiary/aromatic N) is 2. The van der Waals surface area contributed by atoms with E-state index < -0.39 is 0 Å². The third kappa shape index (κ3) is 4.39. The van der Waals surface area contributed by atoms with E-state index in [1.54, 1.807) is 0 Å². The van der Waals surface area contributed by atoms with Gasteiger partial charge in [-0.3, -0.25) is 4.98 Å². The molecular formula is C25H24ClN3O. The number of hydrogen-bond donors (Lipinski definition) is 1. The molecule has 4 nitrogen and oxygen atoms in total. The molecule has 0 amide bonds. The summed E-state index contributed by atoms with van der Waals surface area (Å²) < 4.78 is 5.81. The number of nitrogens with one attached hydrogen (secondary N) is 1. The zero-order valence-corrected chi connectivity index (χ0v) is 18.1. The van der Waals surface area contributed by atoms with E-state index in [4.69, 9.17) is 26.3 Å². The predicted molar refractivity (Wildman–Crippen MR) is 122 cm³/mol. The van der Waals surface area contributed by atoms with Gasteiger partial charge < -0.3 is 9.72 Å². The Morgan fingerprint density at radius 1 is 0.967 bits per heavy atom. The Kier molecular flexibility index (Phi) is 5.86. The van der Waals surface area contributed by atoms with Crippen molar-refractivity contribution in [3.8, 4) is 28.4 Å². The minimum atomic E-state index is 0.622.